The predicted molar refractivity (Wildman–Crippen MR) is 197 cm³/mol. The van der Waals surface area contributed by atoms with E-state index in [2.05, 4.69) is 27.6 Å². The first kappa shape index (κ1) is 36.9. The molecule has 1 atom stereocenters. The maximum absolute atomic E-state index is 14.4. The summed E-state index contributed by atoms with van der Waals surface area (Å²) in [5, 5.41) is 0.589. The number of rotatable bonds is 13. The van der Waals surface area contributed by atoms with Crippen LogP contribution < -0.4 is 33.8 Å². The number of hydrogen-bond acceptors (Lipinski definition) is 11. The van der Waals surface area contributed by atoms with Crippen molar-refractivity contribution in [3.8, 4) is 23.0 Å². The molecule has 5 rings (SSSR count). The van der Waals surface area contributed by atoms with Crippen molar-refractivity contribution in [1.82, 2.24) is 4.57 Å². The van der Waals surface area contributed by atoms with Gasteiger partial charge in [0.05, 0.1) is 49.3 Å². The second kappa shape index (κ2) is 16.6. The lowest BCUT2D eigenvalue weighted by Crippen LogP contribution is -2.40. The van der Waals surface area contributed by atoms with Gasteiger partial charge in [-0.2, -0.15) is 0 Å². The molecule has 0 aliphatic carbocycles. The Kier molecular flexibility index (Phi) is 12.2. The monoisotopic (exact) mass is 832 g/mol. The number of aromatic nitrogens is 1. The molecule has 1 aliphatic rings. The summed E-state index contributed by atoms with van der Waals surface area (Å²) < 4.78 is 36.3. The highest BCUT2D eigenvalue weighted by Crippen LogP contribution is 2.37. The Morgan fingerprint density at radius 1 is 1.00 bits per heavy atom. The maximum Gasteiger partial charge on any atom is 0.343 e. The molecule has 0 bridgehead atoms. The fraction of sp³-hybridized carbons (Fsp3) is 0.278. The first-order valence-electron chi connectivity index (χ1n) is 15.5. The zero-order valence-corrected chi connectivity index (χ0v) is 31.6. The minimum Gasteiger partial charge on any atom is -0.493 e. The minimum atomic E-state index is -0.912. The largest absolute Gasteiger partial charge is 0.493 e. The van der Waals surface area contributed by atoms with Gasteiger partial charge in [0.25, 0.3) is 5.56 Å². The Morgan fingerprint density at radius 2 is 1.80 bits per heavy atom. The summed E-state index contributed by atoms with van der Waals surface area (Å²) in [5.41, 5.74) is 2.26. The quantitative estimate of drug-likeness (QED) is 0.125. The van der Waals surface area contributed by atoms with Gasteiger partial charge >= 0.3 is 11.9 Å². The maximum atomic E-state index is 14.4. The van der Waals surface area contributed by atoms with E-state index in [4.69, 9.17) is 40.0 Å². The van der Waals surface area contributed by atoms with Crippen LogP contribution in [-0.2, 0) is 25.7 Å². The van der Waals surface area contributed by atoms with E-state index in [0.29, 0.717) is 60.8 Å². The molecule has 1 aromatic heterocycles. The number of carbonyl (C=O) groups excluding carboxylic acids is 2. The van der Waals surface area contributed by atoms with Gasteiger partial charge in [0.1, 0.15) is 6.61 Å². The summed E-state index contributed by atoms with van der Waals surface area (Å²) in [4.78, 5) is 44.7. The molecule has 0 spiro atoms. The highest BCUT2D eigenvalue weighted by molar-refractivity contribution is 14.1. The van der Waals surface area contributed by atoms with E-state index in [1.165, 1.54) is 23.0 Å². The second-order valence-electron chi connectivity index (χ2n) is 10.8. The van der Waals surface area contributed by atoms with Crippen molar-refractivity contribution in [1.29, 1.82) is 0 Å². The third-order valence-corrected chi connectivity index (χ3v) is 9.34. The minimum absolute atomic E-state index is 0.129. The van der Waals surface area contributed by atoms with Gasteiger partial charge in [-0.05, 0) is 97.0 Å². The summed E-state index contributed by atoms with van der Waals surface area (Å²) in [6.45, 7) is 5.53. The van der Waals surface area contributed by atoms with Gasteiger partial charge in [-0.1, -0.05) is 41.1 Å². The van der Waals surface area contributed by atoms with Crippen LogP contribution in [0.1, 0.15) is 43.5 Å². The van der Waals surface area contributed by atoms with Crippen LogP contribution in [0.4, 0.5) is 0 Å². The zero-order valence-electron chi connectivity index (χ0n) is 27.9. The number of carbonyl (C=O) groups is 2. The van der Waals surface area contributed by atoms with Crippen molar-refractivity contribution in [3.63, 3.8) is 0 Å². The number of fused-ring (bicyclic) bond motifs is 1. The third-order valence-electron chi connectivity index (χ3n) is 7.50. The van der Waals surface area contributed by atoms with E-state index < -0.39 is 18.0 Å². The predicted octanol–water partition coefficient (Wildman–Crippen LogP) is 5.59. The van der Waals surface area contributed by atoms with Crippen molar-refractivity contribution < 1.29 is 38.0 Å². The fourth-order valence-corrected chi connectivity index (χ4v) is 7.18. The average molecular weight is 833 g/mol. The van der Waals surface area contributed by atoms with Crippen molar-refractivity contribution in [2.45, 2.75) is 33.4 Å². The van der Waals surface area contributed by atoms with Crippen LogP contribution in [0, 0.1) is 3.57 Å². The lowest BCUT2D eigenvalue weighted by atomic mass is 9.95. The number of allylic oxidation sites excluding steroid dienone is 1. The van der Waals surface area contributed by atoms with Gasteiger partial charge < -0.3 is 28.4 Å². The van der Waals surface area contributed by atoms with Crippen LogP contribution in [0.3, 0.4) is 0 Å². The zero-order chi connectivity index (χ0) is 35.9. The highest BCUT2D eigenvalue weighted by Gasteiger charge is 2.34. The molecule has 4 aromatic rings. The average Bonchev–Trinajstić information content (AvgIpc) is 3.39. The lowest BCUT2D eigenvalue weighted by molar-refractivity contribution is -0.143. The molecule has 50 heavy (non-hydrogen) atoms. The molecule has 262 valence electrons. The van der Waals surface area contributed by atoms with E-state index >= 15 is 0 Å². The number of ether oxygens (including phenoxy) is 6. The molecule has 0 amide bonds. The smallest absolute Gasteiger partial charge is 0.343 e. The number of thiazole rings is 1. The van der Waals surface area contributed by atoms with E-state index in [9.17, 15) is 14.4 Å². The van der Waals surface area contributed by atoms with Crippen molar-refractivity contribution in [2.24, 2.45) is 4.99 Å². The fourth-order valence-electron chi connectivity index (χ4n) is 5.31. The Morgan fingerprint density at radius 3 is 2.50 bits per heavy atom. The summed E-state index contributed by atoms with van der Waals surface area (Å²) in [6, 6.07) is 15.2. The molecule has 1 aliphatic heterocycles. The van der Waals surface area contributed by atoms with Crippen molar-refractivity contribution in [2.75, 3.05) is 34.0 Å². The van der Waals surface area contributed by atoms with E-state index in [1.54, 1.807) is 58.2 Å². The van der Waals surface area contributed by atoms with Crippen molar-refractivity contribution >= 4 is 63.5 Å². The molecular weight excluding hydrogens is 799 g/mol. The van der Waals surface area contributed by atoms with Gasteiger partial charge in [-0.15, -0.1) is 0 Å². The molecule has 3 aromatic carbocycles. The van der Waals surface area contributed by atoms with Crippen molar-refractivity contribution in [3.05, 3.63) is 111 Å². The molecule has 2 heterocycles. The van der Waals surface area contributed by atoms with Gasteiger partial charge in [0.15, 0.2) is 34.4 Å². The molecule has 11 nitrogen and oxygen atoms in total. The highest BCUT2D eigenvalue weighted by atomic mass is 127. The van der Waals surface area contributed by atoms with Crippen LogP contribution in [0.2, 0.25) is 5.02 Å². The first-order chi connectivity index (χ1) is 24.1. The lowest BCUT2D eigenvalue weighted by Gasteiger charge is -2.25. The first-order valence-corrected chi connectivity index (χ1v) is 17.8. The summed E-state index contributed by atoms with van der Waals surface area (Å²) >= 11 is 9.56. The Bertz CT molecular complexity index is 2140. The van der Waals surface area contributed by atoms with Crippen LogP contribution in [-0.4, -0.2) is 50.5 Å². The van der Waals surface area contributed by atoms with Crippen LogP contribution in [0.15, 0.2) is 75.7 Å². The van der Waals surface area contributed by atoms with Crippen LogP contribution >= 0.6 is 45.5 Å². The standard InChI is InChI=1S/C36H34ClIN2O9S/c1-6-46-27-15-22(11-12-26(27)48-19-30(41)45-5)32-31(35(43)47-7-2)20(3)39-36-40(32)34(42)29(50-36)16-23-14-25(38)17-28(44-4)33(23)49-18-21-9-8-10-24(37)13-21/h8-17,32H,6-7,18-19H2,1-5H3/b29-16+/t32-/m1/s1. The van der Waals surface area contributed by atoms with E-state index in [-0.39, 0.29) is 31.0 Å². The topological polar surface area (TPSA) is 124 Å². The summed E-state index contributed by atoms with van der Waals surface area (Å²) in [7, 11) is 2.82. The normalized spacial score (nSPS) is 14.1. The van der Waals surface area contributed by atoms with Gasteiger partial charge in [0, 0.05) is 14.2 Å². The Balaban J connectivity index is 1.66. The van der Waals surface area contributed by atoms with E-state index in [0.717, 1.165) is 9.13 Å². The Labute approximate surface area is 310 Å². The molecule has 0 N–H and O–H groups in total. The number of esters is 2. The molecule has 0 saturated carbocycles. The number of benzene rings is 3. The van der Waals surface area contributed by atoms with Crippen LogP contribution in [0.5, 0.6) is 23.0 Å². The molecule has 14 heteroatoms. The molecule has 0 radical (unpaired) electrons. The molecule has 0 fully saturated rings. The number of methoxy groups -OCH3 is 2. The number of hydrogen-bond donors (Lipinski definition) is 0. The number of halogens is 2. The third kappa shape index (κ3) is 8.16. The molecule has 0 unspecified atom stereocenters. The summed E-state index contributed by atoms with van der Waals surface area (Å²) in [5.74, 6) is 0.398. The van der Waals surface area contributed by atoms with Crippen LogP contribution in [0.25, 0.3) is 6.08 Å². The second-order valence-corrected chi connectivity index (χ2v) is 13.4. The summed E-state index contributed by atoms with van der Waals surface area (Å²) in [6.07, 6.45) is 1.73. The molecule has 0 saturated heterocycles. The van der Waals surface area contributed by atoms with E-state index in [1.807, 2.05) is 30.3 Å². The van der Waals surface area contributed by atoms with Gasteiger partial charge in [-0.25, -0.2) is 14.6 Å². The SMILES string of the molecule is CCOC(=O)C1=C(C)N=c2s/c(=C/c3cc(I)cc(OC)c3OCc3cccc(Cl)c3)c(=O)n2[C@@H]1c1ccc(OCC(=O)OC)c(OCC)c1. The number of nitrogens with zero attached hydrogens (tertiary/aromatic N) is 2. The Hall–Kier alpha value is -4.34. The molecular formula is C36H34ClIN2O9S. The van der Waals surface area contributed by atoms with Gasteiger partial charge in [-0.3, -0.25) is 9.36 Å². The van der Waals surface area contributed by atoms with Gasteiger partial charge in [0.2, 0.25) is 0 Å².